The molecule has 0 spiro atoms. The molecule has 0 amide bonds. The molecule has 0 heterocycles. The van der Waals surface area contributed by atoms with E-state index in [-0.39, 0.29) is 116 Å². The summed E-state index contributed by atoms with van der Waals surface area (Å²) in [7, 11) is 0. The molecule has 0 aromatic carbocycles. The van der Waals surface area contributed by atoms with Crippen LogP contribution in [0.3, 0.4) is 0 Å². The molecule has 0 aliphatic carbocycles. The minimum Gasteiger partial charge on any atom is -0.483 e. The summed E-state index contributed by atoms with van der Waals surface area (Å²) in [6.45, 7) is 0. The number of rotatable bonds is 0. The van der Waals surface area contributed by atoms with Gasteiger partial charge in [0.05, 0.1) is 0 Å². The molecule has 0 fully saturated rings. The zero-order valence-electron chi connectivity index (χ0n) is 5.04. The van der Waals surface area contributed by atoms with E-state index in [9.17, 15) is 0 Å². The first kappa shape index (κ1) is 17.4. The Morgan fingerprint density at radius 1 is 1.00 bits per heavy atom. The molecule has 0 aromatic rings. The molecular formula is C2O5Rb2. The van der Waals surface area contributed by atoms with Crippen molar-refractivity contribution >= 4 is 12.3 Å². The quantitative estimate of drug-likeness (QED) is 0.323. The van der Waals surface area contributed by atoms with Gasteiger partial charge in [-0.25, -0.2) is 0 Å². The molecule has 0 atom stereocenters. The fourth-order valence-electron chi connectivity index (χ4n) is 0.0680. The molecule has 40 valence electrons. The second-order valence-electron chi connectivity index (χ2n) is 0.602. The summed E-state index contributed by atoms with van der Waals surface area (Å²) in [6, 6.07) is 0. The fourth-order valence-corrected chi connectivity index (χ4v) is 0.0680. The normalized spacial score (nSPS) is 5.78. The van der Waals surface area contributed by atoms with Gasteiger partial charge in [0.1, 0.15) is 0 Å². The zero-order valence-corrected chi connectivity index (χ0v) is 14.9. The van der Waals surface area contributed by atoms with Gasteiger partial charge in [-0.15, -0.1) is 0 Å². The number of ether oxygens (including phenoxy) is 1. The Labute approximate surface area is 149 Å². The summed E-state index contributed by atoms with van der Waals surface area (Å²) in [5.41, 5.74) is 0. The molecule has 7 heteroatoms. The summed E-state index contributed by atoms with van der Waals surface area (Å²) in [5.74, 6) is 0. The molecule has 0 aliphatic heterocycles. The van der Waals surface area contributed by atoms with Gasteiger partial charge in [0.25, 0.3) is 12.3 Å². The Kier molecular flexibility index (Phi) is 20.1. The standard InChI is InChI=1S/C2H2O5.2Rb/c3-1(4)7-2(5)6;;/h(H,3,4)(H,5,6);;/q;2*+1/p-2. The third-order valence-corrected chi connectivity index (χ3v) is 0.167. The van der Waals surface area contributed by atoms with Crippen LogP contribution >= 0.6 is 0 Å². The maximum atomic E-state index is 9.06. The van der Waals surface area contributed by atoms with Crippen LogP contribution in [0.1, 0.15) is 0 Å². The number of carbonyl (C=O) groups is 2. The molecule has 0 unspecified atom stereocenters. The number of hydrogen-bond acceptors (Lipinski definition) is 5. The van der Waals surface area contributed by atoms with Gasteiger partial charge in [0.2, 0.25) is 0 Å². The Bertz CT molecular complexity index is 89.1. The molecule has 0 radical (unpaired) electrons. The monoisotopic (exact) mass is 274 g/mol. The summed E-state index contributed by atoms with van der Waals surface area (Å²) in [4.78, 5) is 18.1. The fraction of sp³-hybridized carbons (Fsp3) is 0. The largest absolute Gasteiger partial charge is 1.00 e. The number of carboxylic acid groups (broad SMARTS) is 2. The second-order valence-corrected chi connectivity index (χ2v) is 0.602. The molecule has 0 N–H and O–H groups in total. The number of carbonyl (C=O) groups excluding carboxylic acids is 2. The minimum absolute atomic E-state index is 0. The zero-order chi connectivity index (χ0) is 5.86. The first-order valence-electron chi connectivity index (χ1n) is 1.22. The smallest absolute Gasteiger partial charge is 0.483 e. The van der Waals surface area contributed by atoms with E-state index in [1.54, 1.807) is 0 Å². The molecule has 0 saturated carbocycles. The van der Waals surface area contributed by atoms with Gasteiger partial charge < -0.3 is 24.5 Å². The van der Waals surface area contributed by atoms with E-state index in [0.717, 1.165) is 0 Å². The van der Waals surface area contributed by atoms with Crippen molar-refractivity contribution in [1.29, 1.82) is 0 Å². The van der Waals surface area contributed by atoms with E-state index in [4.69, 9.17) is 19.8 Å². The maximum absolute atomic E-state index is 9.06. The van der Waals surface area contributed by atoms with Crippen molar-refractivity contribution < 1.29 is 141 Å². The Hall–Kier alpha value is 2.35. The number of hydrogen-bond donors (Lipinski definition) is 0. The van der Waals surface area contributed by atoms with Crippen LogP contribution < -0.4 is 127 Å². The summed E-state index contributed by atoms with van der Waals surface area (Å²) >= 11 is 0. The van der Waals surface area contributed by atoms with Crippen molar-refractivity contribution in [2.75, 3.05) is 0 Å². The molecule has 0 bridgehead atoms. The summed E-state index contributed by atoms with van der Waals surface area (Å²) in [5, 5.41) is 18.1. The van der Waals surface area contributed by atoms with E-state index in [2.05, 4.69) is 4.74 Å². The van der Waals surface area contributed by atoms with Crippen LogP contribution in [0.4, 0.5) is 9.59 Å². The van der Waals surface area contributed by atoms with Crippen LogP contribution in [0.2, 0.25) is 0 Å². The first-order chi connectivity index (χ1) is 3.13. The van der Waals surface area contributed by atoms with E-state index in [0.29, 0.717) is 0 Å². The Morgan fingerprint density at radius 2 is 1.22 bits per heavy atom. The Morgan fingerprint density at radius 3 is 1.22 bits per heavy atom. The average molecular weight is 275 g/mol. The van der Waals surface area contributed by atoms with Crippen LogP contribution in [0.5, 0.6) is 0 Å². The van der Waals surface area contributed by atoms with Crippen molar-refractivity contribution in [2.45, 2.75) is 0 Å². The minimum atomic E-state index is -2.12. The predicted octanol–water partition coefficient (Wildman–Crippen LogP) is -8.30. The van der Waals surface area contributed by atoms with Gasteiger partial charge in [-0.3, -0.25) is 0 Å². The second kappa shape index (κ2) is 10.4. The third-order valence-electron chi connectivity index (χ3n) is 0.167. The van der Waals surface area contributed by atoms with Crippen molar-refractivity contribution in [1.82, 2.24) is 0 Å². The molecule has 5 nitrogen and oxygen atoms in total. The van der Waals surface area contributed by atoms with E-state index >= 15 is 0 Å². The third kappa shape index (κ3) is 17.9. The predicted molar refractivity (Wildman–Crippen MR) is 11.9 cm³/mol. The molecule has 0 aliphatic rings. The Balaban J connectivity index is -0.000000180. The van der Waals surface area contributed by atoms with E-state index in [1.165, 1.54) is 0 Å². The van der Waals surface area contributed by atoms with E-state index < -0.39 is 12.3 Å². The SMILES string of the molecule is O=C([O-])OC(=O)[O-].[Rb+].[Rb+]. The molecule has 0 aromatic heterocycles. The average Bonchev–Trinajstić information content (AvgIpc) is 1.27. The van der Waals surface area contributed by atoms with Crippen LogP contribution in [-0.2, 0) is 4.74 Å². The summed E-state index contributed by atoms with van der Waals surface area (Å²) in [6.07, 6.45) is -4.25. The summed E-state index contributed by atoms with van der Waals surface area (Å²) < 4.78 is 2.86. The van der Waals surface area contributed by atoms with Gasteiger partial charge in [0, 0.05) is 0 Å². The van der Waals surface area contributed by atoms with Crippen LogP contribution in [-0.4, -0.2) is 12.3 Å². The van der Waals surface area contributed by atoms with Gasteiger partial charge in [-0.05, 0) is 0 Å². The maximum Gasteiger partial charge on any atom is 1.00 e. The molecule has 0 rings (SSSR count). The van der Waals surface area contributed by atoms with Gasteiger partial charge in [0.15, 0.2) is 0 Å². The van der Waals surface area contributed by atoms with Gasteiger partial charge >= 0.3 is 116 Å². The molecule has 0 saturated heterocycles. The van der Waals surface area contributed by atoms with Crippen molar-refractivity contribution in [3.05, 3.63) is 0 Å². The molecule has 9 heavy (non-hydrogen) atoms. The van der Waals surface area contributed by atoms with Crippen molar-refractivity contribution in [3.8, 4) is 0 Å². The molecular weight excluding hydrogens is 275 g/mol. The van der Waals surface area contributed by atoms with Gasteiger partial charge in [-0.1, -0.05) is 0 Å². The van der Waals surface area contributed by atoms with Crippen LogP contribution in [0.15, 0.2) is 0 Å². The first-order valence-corrected chi connectivity index (χ1v) is 1.22. The van der Waals surface area contributed by atoms with Crippen molar-refractivity contribution in [3.63, 3.8) is 0 Å². The van der Waals surface area contributed by atoms with Crippen molar-refractivity contribution in [2.24, 2.45) is 0 Å². The van der Waals surface area contributed by atoms with Gasteiger partial charge in [-0.2, -0.15) is 0 Å². The topological polar surface area (TPSA) is 89.5 Å². The van der Waals surface area contributed by atoms with Crippen LogP contribution in [0.25, 0.3) is 0 Å². The van der Waals surface area contributed by atoms with E-state index in [1.807, 2.05) is 0 Å². The van der Waals surface area contributed by atoms with Crippen LogP contribution in [0, 0.1) is 0 Å².